The second-order valence-electron chi connectivity index (χ2n) is 6.86. The first-order valence-electron chi connectivity index (χ1n) is 9.78. The third-order valence-corrected chi connectivity index (χ3v) is 5.07. The van der Waals surface area contributed by atoms with Crippen molar-refractivity contribution < 1.29 is 14.2 Å². The fourth-order valence-corrected chi connectivity index (χ4v) is 3.58. The molecule has 1 aromatic carbocycles. The zero-order chi connectivity index (χ0) is 17.9. The van der Waals surface area contributed by atoms with Crippen molar-refractivity contribution >= 4 is 0 Å². The highest BCUT2D eigenvalue weighted by Crippen LogP contribution is 2.37. The minimum atomic E-state index is 0.444. The SMILES string of the molecule is CCCCCCCCC(C1=CCOCC1)c1cc(OC)cc(OC)c1. The molecule has 1 aliphatic rings. The Hall–Kier alpha value is -1.48. The van der Waals surface area contributed by atoms with Gasteiger partial charge in [-0.15, -0.1) is 0 Å². The van der Waals surface area contributed by atoms with Crippen molar-refractivity contribution in [3.8, 4) is 11.5 Å². The molecule has 0 bridgehead atoms. The van der Waals surface area contributed by atoms with Gasteiger partial charge in [0.2, 0.25) is 0 Å². The topological polar surface area (TPSA) is 27.7 Å². The summed E-state index contributed by atoms with van der Waals surface area (Å²) in [6.07, 6.45) is 12.5. The molecule has 0 fully saturated rings. The monoisotopic (exact) mass is 346 g/mol. The van der Waals surface area contributed by atoms with Gasteiger partial charge in [0.05, 0.1) is 27.4 Å². The Morgan fingerprint density at radius 3 is 2.24 bits per heavy atom. The van der Waals surface area contributed by atoms with Gasteiger partial charge in [-0.05, 0) is 30.5 Å². The van der Waals surface area contributed by atoms with Gasteiger partial charge in [-0.3, -0.25) is 0 Å². The minimum Gasteiger partial charge on any atom is -0.497 e. The summed E-state index contributed by atoms with van der Waals surface area (Å²) in [7, 11) is 3.43. The van der Waals surface area contributed by atoms with Crippen LogP contribution in [0.1, 0.15) is 69.8 Å². The summed E-state index contributed by atoms with van der Waals surface area (Å²) in [4.78, 5) is 0. The minimum absolute atomic E-state index is 0.444. The van der Waals surface area contributed by atoms with Gasteiger partial charge < -0.3 is 14.2 Å². The molecule has 0 saturated heterocycles. The van der Waals surface area contributed by atoms with E-state index in [2.05, 4.69) is 25.1 Å². The lowest BCUT2D eigenvalue weighted by atomic mass is 9.84. The van der Waals surface area contributed by atoms with Crippen LogP contribution in [0.3, 0.4) is 0 Å². The quantitative estimate of drug-likeness (QED) is 0.369. The highest BCUT2D eigenvalue weighted by atomic mass is 16.5. The molecule has 0 amide bonds. The molecule has 1 heterocycles. The molecule has 1 aromatic rings. The third-order valence-electron chi connectivity index (χ3n) is 5.07. The molecular weight excluding hydrogens is 312 g/mol. The van der Waals surface area contributed by atoms with E-state index in [0.29, 0.717) is 5.92 Å². The van der Waals surface area contributed by atoms with E-state index in [0.717, 1.165) is 31.1 Å². The molecule has 140 valence electrons. The van der Waals surface area contributed by atoms with Crippen molar-refractivity contribution in [2.75, 3.05) is 27.4 Å². The second kappa shape index (κ2) is 11.2. The number of hydrogen-bond donors (Lipinski definition) is 0. The first kappa shape index (κ1) is 19.8. The summed E-state index contributed by atoms with van der Waals surface area (Å²) >= 11 is 0. The number of benzene rings is 1. The van der Waals surface area contributed by atoms with Gasteiger partial charge in [0, 0.05) is 12.0 Å². The van der Waals surface area contributed by atoms with Crippen LogP contribution < -0.4 is 9.47 Å². The van der Waals surface area contributed by atoms with E-state index in [9.17, 15) is 0 Å². The molecule has 0 saturated carbocycles. The number of hydrogen-bond acceptors (Lipinski definition) is 3. The Labute approximate surface area is 153 Å². The smallest absolute Gasteiger partial charge is 0.122 e. The molecule has 2 rings (SSSR count). The molecule has 1 atom stereocenters. The predicted molar refractivity (Wildman–Crippen MR) is 104 cm³/mol. The van der Waals surface area contributed by atoms with E-state index in [1.54, 1.807) is 14.2 Å². The fourth-order valence-electron chi connectivity index (χ4n) is 3.58. The zero-order valence-corrected chi connectivity index (χ0v) is 16.2. The Balaban J connectivity index is 2.10. The molecule has 0 aromatic heterocycles. The lowest BCUT2D eigenvalue weighted by Crippen LogP contribution is -2.12. The first-order valence-corrected chi connectivity index (χ1v) is 9.78. The van der Waals surface area contributed by atoms with Crippen molar-refractivity contribution in [1.29, 1.82) is 0 Å². The van der Waals surface area contributed by atoms with Gasteiger partial charge in [0.25, 0.3) is 0 Å². The fraction of sp³-hybridized carbons (Fsp3) is 0.636. The molecule has 1 aliphatic heterocycles. The summed E-state index contributed by atoms with van der Waals surface area (Å²) in [6.45, 7) is 3.84. The van der Waals surface area contributed by atoms with Gasteiger partial charge in [-0.2, -0.15) is 0 Å². The first-order chi connectivity index (χ1) is 12.3. The number of methoxy groups -OCH3 is 2. The molecule has 3 nitrogen and oxygen atoms in total. The molecular formula is C22H34O3. The predicted octanol–water partition coefficient (Wildman–Crippen LogP) is 5.88. The van der Waals surface area contributed by atoms with Crippen LogP contribution in [-0.2, 0) is 4.74 Å². The Kier molecular flexibility index (Phi) is 8.89. The molecule has 0 aliphatic carbocycles. The Morgan fingerprint density at radius 1 is 0.960 bits per heavy atom. The van der Waals surface area contributed by atoms with Crippen molar-refractivity contribution in [3.05, 3.63) is 35.4 Å². The number of unbranched alkanes of at least 4 members (excludes halogenated alkanes) is 5. The number of ether oxygens (including phenoxy) is 3. The maximum Gasteiger partial charge on any atom is 0.122 e. The van der Waals surface area contributed by atoms with Crippen LogP contribution >= 0.6 is 0 Å². The van der Waals surface area contributed by atoms with E-state index in [4.69, 9.17) is 14.2 Å². The number of rotatable bonds is 11. The highest BCUT2D eigenvalue weighted by molar-refractivity contribution is 5.42. The molecule has 25 heavy (non-hydrogen) atoms. The van der Waals surface area contributed by atoms with Crippen LogP contribution in [-0.4, -0.2) is 27.4 Å². The van der Waals surface area contributed by atoms with Gasteiger partial charge in [-0.25, -0.2) is 0 Å². The lowest BCUT2D eigenvalue weighted by Gasteiger charge is -2.25. The Morgan fingerprint density at radius 2 is 1.64 bits per heavy atom. The third kappa shape index (κ3) is 6.39. The normalized spacial score (nSPS) is 15.6. The standard InChI is InChI=1S/C22H34O3/c1-4-5-6-7-8-9-10-22(18-11-13-25-14-12-18)19-15-20(23-2)17-21(16-19)24-3/h11,15-17,22H,4-10,12-14H2,1-3H3. The van der Waals surface area contributed by atoms with E-state index in [1.807, 2.05) is 6.07 Å². The van der Waals surface area contributed by atoms with E-state index >= 15 is 0 Å². The van der Waals surface area contributed by atoms with Crippen LogP contribution in [0.15, 0.2) is 29.8 Å². The van der Waals surface area contributed by atoms with E-state index in [-0.39, 0.29) is 0 Å². The van der Waals surface area contributed by atoms with Crippen molar-refractivity contribution in [1.82, 2.24) is 0 Å². The summed E-state index contributed by atoms with van der Waals surface area (Å²) in [5.41, 5.74) is 2.81. The van der Waals surface area contributed by atoms with Gasteiger partial charge in [0.1, 0.15) is 11.5 Å². The second-order valence-corrected chi connectivity index (χ2v) is 6.86. The Bertz CT molecular complexity index is 514. The molecule has 0 radical (unpaired) electrons. The molecule has 0 N–H and O–H groups in total. The van der Waals surface area contributed by atoms with Gasteiger partial charge in [-0.1, -0.05) is 57.1 Å². The van der Waals surface area contributed by atoms with E-state index < -0.39 is 0 Å². The maximum absolute atomic E-state index is 5.52. The molecule has 0 spiro atoms. The summed E-state index contributed by atoms with van der Waals surface area (Å²) < 4.78 is 16.5. The van der Waals surface area contributed by atoms with Crippen LogP contribution in [0.25, 0.3) is 0 Å². The van der Waals surface area contributed by atoms with Gasteiger partial charge >= 0.3 is 0 Å². The van der Waals surface area contributed by atoms with Crippen LogP contribution in [0.2, 0.25) is 0 Å². The van der Waals surface area contributed by atoms with Crippen LogP contribution in [0.4, 0.5) is 0 Å². The summed E-state index contributed by atoms with van der Waals surface area (Å²) in [6, 6.07) is 6.28. The summed E-state index contributed by atoms with van der Waals surface area (Å²) in [5.74, 6) is 2.18. The maximum atomic E-state index is 5.52. The summed E-state index contributed by atoms with van der Waals surface area (Å²) in [5, 5.41) is 0. The largest absolute Gasteiger partial charge is 0.497 e. The van der Waals surface area contributed by atoms with Crippen LogP contribution in [0.5, 0.6) is 11.5 Å². The van der Waals surface area contributed by atoms with Crippen molar-refractivity contribution in [2.45, 2.75) is 64.2 Å². The van der Waals surface area contributed by atoms with Crippen LogP contribution in [0, 0.1) is 0 Å². The molecule has 1 unspecified atom stereocenters. The van der Waals surface area contributed by atoms with Gasteiger partial charge in [0.15, 0.2) is 0 Å². The highest BCUT2D eigenvalue weighted by Gasteiger charge is 2.20. The molecule has 3 heteroatoms. The van der Waals surface area contributed by atoms with E-state index in [1.165, 1.54) is 56.1 Å². The van der Waals surface area contributed by atoms with Crippen molar-refractivity contribution in [3.63, 3.8) is 0 Å². The lowest BCUT2D eigenvalue weighted by molar-refractivity contribution is 0.152. The average Bonchev–Trinajstić information content (AvgIpc) is 2.67. The zero-order valence-electron chi connectivity index (χ0n) is 16.2. The average molecular weight is 347 g/mol. The van der Waals surface area contributed by atoms with Crippen molar-refractivity contribution in [2.24, 2.45) is 0 Å².